The first-order valence-corrected chi connectivity index (χ1v) is 5.62. The third kappa shape index (κ3) is 2.71. The molecule has 1 heterocycles. The van der Waals surface area contributed by atoms with Gasteiger partial charge in [0.1, 0.15) is 5.82 Å². The molecule has 90 valence electrons. The first kappa shape index (κ1) is 11.8. The molecule has 0 spiro atoms. The molecule has 1 unspecified atom stereocenters. The molecule has 1 aromatic heterocycles. The average molecular weight is 233 g/mol. The van der Waals surface area contributed by atoms with Gasteiger partial charge < -0.3 is 5.32 Å². The number of aromatic nitrogens is 2. The number of halogens is 1. The van der Waals surface area contributed by atoms with Gasteiger partial charge in [0.2, 0.25) is 0 Å². The molecule has 0 saturated heterocycles. The molecule has 0 aliphatic carbocycles. The van der Waals surface area contributed by atoms with Crippen molar-refractivity contribution < 1.29 is 4.39 Å². The molecule has 4 heteroatoms. The van der Waals surface area contributed by atoms with Crippen LogP contribution in [0, 0.1) is 12.7 Å². The highest BCUT2D eigenvalue weighted by atomic mass is 19.1. The SMILES string of the molecule is CNC(Cn1ccc(C)n1)c1ccccc1F. The minimum Gasteiger partial charge on any atom is -0.311 e. The molecule has 1 N–H and O–H groups in total. The predicted molar refractivity (Wildman–Crippen MR) is 65.2 cm³/mol. The maximum atomic E-state index is 13.7. The molecule has 1 aromatic carbocycles. The Kier molecular flexibility index (Phi) is 3.54. The molecule has 0 aliphatic heterocycles. The lowest BCUT2D eigenvalue weighted by atomic mass is 10.1. The minimum atomic E-state index is -0.185. The largest absolute Gasteiger partial charge is 0.311 e. The second-order valence-corrected chi connectivity index (χ2v) is 4.04. The van der Waals surface area contributed by atoms with Crippen LogP contribution in [0.15, 0.2) is 36.5 Å². The maximum Gasteiger partial charge on any atom is 0.128 e. The Morgan fingerprint density at radius 2 is 2.12 bits per heavy atom. The van der Waals surface area contributed by atoms with Crippen molar-refractivity contribution in [2.75, 3.05) is 7.05 Å². The van der Waals surface area contributed by atoms with Crippen LogP contribution in [0.5, 0.6) is 0 Å². The third-order valence-corrected chi connectivity index (χ3v) is 2.77. The Balaban J connectivity index is 2.20. The second kappa shape index (κ2) is 5.10. The minimum absolute atomic E-state index is 0.0736. The number of nitrogens with zero attached hydrogens (tertiary/aromatic N) is 2. The summed E-state index contributed by atoms with van der Waals surface area (Å²) in [5.41, 5.74) is 1.64. The predicted octanol–water partition coefficient (Wildman–Crippen LogP) is 2.29. The van der Waals surface area contributed by atoms with Crippen molar-refractivity contribution in [2.24, 2.45) is 0 Å². The number of aryl methyl sites for hydroxylation is 1. The molecule has 1 atom stereocenters. The van der Waals surface area contributed by atoms with Gasteiger partial charge in [0.15, 0.2) is 0 Å². The van der Waals surface area contributed by atoms with E-state index >= 15 is 0 Å². The van der Waals surface area contributed by atoms with Crippen LogP contribution >= 0.6 is 0 Å². The zero-order valence-electron chi connectivity index (χ0n) is 10.0. The lowest BCUT2D eigenvalue weighted by molar-refractivity contribution is 0.448. The van der Waals surface area contributed by atoms with E-state index in [4.69, 9.17) is 0 Å². The third-order valence-electron chi connectivity index (χ3n) is 2.77. The Bertz CT molecular complexity index is 493. The zero-order valence-corrected chi connectivity index (χ0v) is 10.0. The fourth-order valence-electron chi connectivity index (χ4n) is 1.85. The van der Waals surface area contributed by atoms with E-state index in [1.807, 2.05) is 37.0 Å². The van der Waals surface area contributed by atoms with Crippen LogP contribution in [0.25, 0.3) is 0 Å². The Labute approximate surface area is 100 Å². The number of likely N-dealkylation sites (N-methyl/N-ethyl adjacent to an activating group) is 1. The van der Waals surface area contributed by atoms with Gasteiger partial charge in [-0.15, -0.1) is 0 Å². The van der Waals surface area contributed by atoms with E-state index in [1.165, 1.54) is 6.07 Å². The number of benzene rings is 1. The molecule has 2 aromatic rings. The molecule has 0 fully saturated rings. The van der Waals surface area contributed by atoms with E-state index < -0.39 is 0 Å². The molecule has 0 radical (unpaired) electrons. The van der Waals surface area contributed by atoms with Crippen molar-refractivity contribution in [2.45, 2.75) is 19.5 Å². The van der Waals surface area contributed by atoms with E-state index in [0.29, 0.717) is 12.1 Å². The fourth-order valence-corrected chi connectivity index (χ4v) is 1.85. The van der Waals surface area contributed by atoms with E-state index in [9.17, 15) is 4.39 Å². The van der Waals surface area contributed by atoms with Gasteiger partial charge in [-0.05, 0) is 26.1 Å². The van der Waals surface area contributed by atoms with Crippen molar-refractivity contribution in [1.82, 2.24) is 15.1 Å². The molecule has 2 rings (SSSR count). The number of nitrogens with one attached hydrogen (secondary N) is 1. The van der Waals surface area contributed by atoms with Crippen LogP contribution in [-0.4, -0.2) is 16.8 Å². The molecule has 0 amide bonds. The van der Waals surface area contributed by atoms with E-state index in [0.717, 1.165) is 5.69 Å². The second-order valence-electron chi connectivity index (χ2n) is 4.04. The van der Waals surface area contributed by atoms with Crippen molar-refractivity contribution in [1.29, 1.82) is 0 Å². The van der Waals surface area contributed by atoms with E-state index in [-0.39, 0.29) is 11.9 Å². The Hall–Kier alpha value is -1.68. The molecule has 0 bridgehead atoms. The van der Waals surface area contributed by atoms with Crippen LogP contribution in [0.3, 0.4) is 0 Å². The summed E-state index contributed by atoms with van der Waals surface area (Å²) < 4.78 is 15.5. The quantitative estimate of drug-likeness (QED) is 0.878. The van der Waals surface area contributed by atoms with Gasteiger partial charge in [-0.3, -0.25) is 4.68 Å². The maximum absolute atomic E-state index is 13.7. The van der Waals surface area contributed by atoms with E-state index in [1.54, 1.807) is 12.1 Å². The average Bonchev–Trinajstić information content (AvgIpc) is 2.73. The van der Waals surface area contributed by atoms with Crippen molar-refractivity contribution in [3.63, 3.8) is 0 Å². The smallest absolute Gasteiger partial charge is 0.128 e. The van der Waals surface area contributed by atoms with Crippen LogP contribution in [0.1, 0.15) is 17.3 Å². The van der Waals surface area contributed by atoms with Gasteiger partial charge in [-0.1, -0.05) is 18.2 Å². The van der Waals surface area contributed by atoms with Crippen LogP contribution in [-0.2, 0) is 6.54 Å². The summed E-state index contributed by atoms with van der Waals surface area (Å²) in [5, 5.41) is 7.42. The van der Waals surface area contributed by atoms with Crippen LogP contribution in [0.4, 0.5) is 4.39 Å². The Morgan fingerprint density at radius 1 is 1.35 bits per heavy atom. The number of hydrogen-bond donors (Lipinski definition) is 1. The van der Waals surface area contributed by atoms with Gasteiger partial charge >= 0.3 is 0 Å². The van der Waals surface area contributed by atoms with Gasteiger partial charge in [-0.2, -0.15) is 5.10 Å². The summed E-state index contributed by atoms with van der Waals surface area (Å²) in [6.45, 7) is 2.55. The van der Waals surface area contributed by atoms with Gasteiger partial charge in [0.05, 0.1) is 18.3 Å². The number of hydrogen-bond acceptors (Lipinski definition) is 2. The lowest BCUT2D eigenvalue weighted by Crippen LogP contribution is -2.23. The topological polar surface area (TPSA) is 29.9 Å². The van der Waals surface area contributed by atoms with Crippen LogP contribution in [0.2, 0.25) is 0 Å². The first-order chi connectivity index (χ1) is 8.20. The molecule has 3 nitrogen and oxygen atoms in total. The monoisotopic (exact) mass is 233 g/mol. The lowest BCUT2D eigenvalue weighted by Gasteiger charge is -2.17. The highest BCUT2D eigenvalue weighted by molar-refractivity contribution is 5.21. The highest BCUT2D eigenvalue weighted by Crippen LogP contribution is 2.18. The highest BCUT2D eigenvalue weighted by Gasteiger charge is 2.14. The summed E-state index contributed by atoms with van der Waals surface area (Å²) in [6.07, 6.45) is 1.90. The van der Waals surface area contributed by atoms with Gasteiger partial charge in [0, 0.05) is 11.8 Å². The standard InChI is InChI=1S/C13H16FN3/c1-10-7-8-17(16-10)9-13(15-2)11-5-3-4-6-12(11)14/h3-8,13,15H,9H2,1-2H3. The van der Waals surface area contributed by atoms with Crippen molar-refractivity contribution in [3.05, 3.63) is 53.6 Å². The summed E-state index contributed by atoms with van der Waals surface area (Å²) >= 11 is 0. The number of rotatable bonds is 4. The molecular weight excluding hydrogens is 217 g/mol. The summed E-state index contributed by atoms with van der Waals surface area (Å²) in [5.74, 6) is -0.185. The summed E-state index contributed by atoms with van der Waals surface area (Å²) in [6, 6.07) is 8.69. The van der Waals surface area contributed by atoms with Gasteiger partial charge in [0.25, 0.3) is 0 Å². The van der Waals surface area contributed by atoms with E-state index in [2.05, 4.69) is 10.4 Å². The van der Waals surface area contributed by atoms with Crippen molar-refractivity contribution >= 4 is 0 Å². The summed E-state index contributed by atoms with van der Waals surface area (Å²) in [7, 11) is 1.83. The van der Waals surface area contributed by atoms with Gasteiger partial charge in [-0.25, -0.2) is 4.39 Å². The normalized spacial score (nSPS) is 12.6. The van der Waals surface area contributed by atoms with Crippen molar-refractivity contribution in [3.8, 4) is 0 Å². The molecular formula is C13H16FN3. The van der Waals surface area contributed by atoms with Crippen LogP contribution < -0.4 is 5.32 Å². The molecule has 17 heavy (non-hydrogen) atoms. The molecule has 0 saturated carbocycles. The fraction of sp³-hybridized carbons (Fsp3) is 0.308. The summed E-state index contributed by atoms with van der Waals surface area (Å²) in [4.78, 5) is 0. The zero-order chi connectivity index (χ0) is 12.3. The Morgan fingerprint density at radius 3 is 2.71 bits per heavy atom. The first-order valence-electron chi connectivity index (χ1n) is 5.62. The molecule has 0 aliphatic rings.